The first-order chi connectivity index (χ1) is 16.7. The van der Waals surface area contributed by atoms with E-state index < -0.39 is 53.3 Å². The van der Waals surface area contributed by atoms with Gasteiger partial charge in [0.05, 0.1) is 9.30 Å². The Balaban J connectivity index is 1.64. The molecule has 0 saturated heterocycles. The molecular weight excluding hydrogens is 459 g/mol. The van der Waals surface area contributed by atoms with Crippen LogP contribution >= 0.6 is 0 Å². The van der Waals surface area contributed by atoms with Gasteiger partial charge in [-0.2, -0.15) is 4.98 Å². The van der Waals surface area contributed by atoms with Crippen LogP contribution in [-0.4, -0.2) is 32.2 Å². The van der Waals surface area contributed by atoms with Crippen molar-refractivity contribution in [1.29, 1.82) is 0 Å². The summed E-state index contributed by atoms with van der Waals surface area (Å²) < 4.78 is 94.8. The van der Waals surface area contributed by atoms with Gasteiger partial charge in [0, 0.05) is 18.2 Å². The summed E-state index contributed by atoms with van der Waals surface area (Å²) in [6.07, 6.45) is -0.368. The molecule has 178 valence electrons. The van der Waals surface area contributed by atoms with Crippen molar-refractivity contribution in [3.63, 3.8) is 0 Å². The van der Waals surface area contributed by atoms with Gasteiger partial charge >= 0.3 is 0 Å². The van der Waals surface area contributed by atoms with Crippen molar-refractivity contribution in [2.24, 2.45) is 0 Å². The quantitative estimate of drug-likeness (QED) is 0.375. The molecule has 2 aromatic carbocycles. The second-order valence-electron chi connectivity index (χ2n) is 7.63. The first-order valence-corrected chi connectivity index (χ1v) is 9.86. The van der Waals surface area contributed by atoms with Crippen LogP contribution in [0.1, 0.15) is 21.6 Å². The van der Waals surface area contributed by atoms with E-state index in [1.807, 2.05) is 0 Å². The van der Waals surface area contributed by atoms with Gasteiger partial charge < -0.3 is 15.6 Å². The monoisotopic (exact) mass is 480 g/mol. The molecule has 0 saturated carbocycles. The highest BCUT2D eigenvalue weighted by Crippen LogP contribution is 2.40. The zero-order chi connectivity index (χ0) is 26.5. The largest absolute Gasteiger partial charge is 0.487 e. The summed E-state index contributed by atoms with van der Waals surface area (Å²) >= 11 is 0. The Bertz CT molecular complexity index is 1430. The highest BCUT2D eigenvalue weighted by molar-refractivity contribution is 5.69. The molecule has 1 atom stereocenters. The Hall–Kier alpha value is -3.73. The number of anilines is 1. The van der Waals surface area contributed by atoms with E-state index in [1.165, 1.54) is 22.8 Å². The zero-order valence-corrected chi connectivity index (χ0v) is 17.6. The van der Waals surface area contributed by atoms with Gasteiger partial charge in [-0.3, -0.25) is 0 Å². The number of hydrogen-bond acceptors (Lipinski definition) is 5. The first kappa shape index (κ1) is 20.8. The van der Waals surface area contributed by atoms with E-state index in [2.05, 4.69) is 10.1 Å². The Kier molecular flexibility index (Phi) is 5.25. The van der Waals surface area contributed by atoms with Crippen molar-refractivity contribution >= 4 is 11.6 Å². The van der Waals surface area contributed by atoms with Crippen LogP contribution in [0.2, 0.25) is 0 Å². The number of hydrogen-bond donors (Lipinski definition) is 2. The number of alkyl halides is 2. The number of rotatable bonds is 7. The maximum atomic E-state index is 15.3. The normalized spacial score (nSPS) is 15.0. The second kappa shape index (κ2) is 8.56. The van der Waals surface area contributed by atoms with Gasteiger partial charge in [-0.25, -0.2) is 26.5 Å². The average Bonchev–Trinajstić information content (AvgIpc) is 3.15. The number of ether oxygens (including phenoxy) is 1. The summed E-state index contributed by atoms with van der Waals surface area (Å²) in [7, 11) is 0. The Morgan fingerprint density at radius 3 is 2.53 bits per heavy atom. The van der Waals surface area contributed by atoms with Crippen molar-refractivity contribution < 1.29 is 34.5 Å². The maximum absolute atomic E-state index is 15.3. The molecule has 0 aliphatic carbocycles. The molecular formula is C23H19F5N4O2. The minimum absolute atomic E-state index is 0.0404. The van der Waals surface area contributed by atoms with Crippen LogP contribution in [0.4, 0.5) is 27.9 Å². The van der Waals surface area contributed by atoms with Crippen LogP contribution in [-0.2, 0) is 5.60 Å². The van der Waals surface area contributed by atoms with E-state index in [0.29, 0.717) is 6.92 Å². The van der Waals surface area contributed by atoms with Crippen LogP contribution in [0.15, 0.2) is 54.7 Å². The molecule has 0 amide bonds. The lowest BCUT2D eigenvalue weighted by Crippen LogP contribution is -2.43. The topological polar surface area (TPSA) is 85.7 Å². The highest BCUT2D eigenvalue weighted by Gasteiger charge is 2.50. The second-order valence-corrected chi connectivity index (χ2v) is 7.63. The molecule has 4 aromatic rings. The minimum Gasteiger partial charge on any atom is -0.487 e. The molecule has 0 aliphatic rings. The van der Waals surface area contributed by atoms with Gasteiger partial charge in [-0.1, -0.05) is 12.1 Å². The van der Waals surface area contributed by atoms with E-state index in [1.54, 1.807) is 0 Å². The molecule has 0 spiro atoms. The van der Waals surface area contributed by atoms with Crippen molar-refractivity contribution in [2.75, 3.05) is 12.3 Å². The molecule has 34 heavy (non-hydrogen) atoms. The Labute approximate surface area is 193 Å². The van der Waals surface area contributed by atoms with Crippen LogP contribution in [0.25, 0.3) is 16.8 Å². The van der Waals surface area contributed by atoms with Gasteiger partial charge in [0.1, 0.15) is 5.82 Å². The lowest BCUT2D eigenvalue weighted by molar-refractivity contribution is -0.184. The van der Waals surface area contributed by atoms with Crippen LogP contribution in [0.3, 0.4) is 0 Å². The number of aromatic nitrogens is 3. The molecule has 1 unspecified atom stereocenters. The number of aliphatic hydroxyl groups is 1. The smallest absolute Gasteiger partial charge is 0.283 e. The van der Waals surface area contributed by atoms with Crippen molar-refractivity contribution in [3.8, 4) is 16.9 Å². The standard InChI is InChI=1S/C23H19F5N4O2/c1-22(33,14-2-4-15(24)5-3-14)23(27,28)9-11-34-20-17(25)7-6-16(19(20)26)13-8-10-32-18(12-13)30-21(29)31-32/h2-8,10,12,33H,9,11H2,1H3,(H2,29,31)/i11D2. The maximum Gasteiger partial charge on any atom is 0.283 e. The summed E-state index contributed by atoms with van der Waals surface area (Å²) in [4.78, 5) is 3.94. The summed E-state index contributed by atoms with van der Waals surface area (Å²) in [6.45, 7) is -2.62. The van der Waals surface area contributed by atoms with Gasteiger partial charge in [0.15, 0.2) is 28.6 Å². The molecule has 0 radical (unpaired) electrons. The number of halogens is 5. The third-order valence-corrected chi connectivity index (χ3v) is 5.30. The summed E-state index contributed by atoms with van der Waals surface area (Å²) in [6, 6.07) is 8.19. The molecule has 6 nitrogen and oxygen atoms in total. The third-order valence-electron chi connectivity index (χ3n) is 5.30. The number of pyridine rings is 1. The number of nitrogens with zero attached hydrogens (tertiary/aromatic N) is 3. The van der Waals surface area contributed by atoms with Crippen LogP contribution in [0.5, 0.6) is 5.75 Å². The number of nitrogen functional groups attached to an aromatic ring is 1. The van der Waals surface area contributed by atoms with Crippen molar-refractivity contribution in [3.05, 3.63) is 77.7 Å². The third kappa shape index (κ3) is 4.26. The zero-order valence-electron chi connectivity index (χ0n) is 19.6. The van der Waals surface area contributed by atoms with Crippen LogP contribution in [0, 0.1) is 17.5 Å². The first-order valence-electron chi connectivity index (χ1n) is 10.9. The van der Waals surface area contributed by atoms with E-state index in [9.17, 15) is 13.9 Å². The van der Waals surface area contributed by atoms with E-state index in [-0.39, 0.29) is 22.7 Å². The van der Waals surface area contributed by atoms with Gasteiger partial charge in [0.2, 0.25) is 5.95 Å². The summed E-state index contributed by atoms with van der Waals surface area (Å²) in [5.74, 6) is -8.87. The predicted molar refractivity (Wildman–Crippen MR) is 114 cm³/mol. The molecule has 2 heterocycles. The molecule has 4 rings (SSSR count). The van der Waals surface area contributed by atoms with E-state index >= 15 is 13.2 Å². The predicted octanol–water partition coefficient (Wildman–Crippen LogP) is 4.71. The average molecular weight is 480 g/mol. The van der Waals surface area contributed by atoms with Crippen LogP contribution < -0.4 is 10.5 Å². The van der Waals surface area contributed by atoms with E-state index in [0.717, 1.165) is 36.4 Å². The number of benzene rings is 2. The lowest BCUT2D eigenvalue weighted by Gasteiger charge is -2.33. The van der Waals surface area contributed by atoms with Crippen molar-refractivity contribution in [2.45, 2.75) is 24.9 Å². The van der Waals surface area contributed by atoms with Gasteiger partial charge in [-0.05, 0) is 54.4 Å². The molecule has 3 N–H and O–H groups in total. The fraction of sp³-hybridized carbons (Fsp3) is 0.217. The molecule has 0 aliphatic heterocycles. The fourth-order valence-electron chi connectivity index (χ4n) is 3.27. The van der Waals surface area contributed by atoms with E-state index in [4.69, 9.17) is 13.2 Å². The fourth-order valence-corrected chi connectivity index (χ4v) is 3.27. The molecule has 2 aromatic heterocycles. The van der Waals surface area contributed by atoms with Crippen molar-refractivity contribution in [1.82, 2.24) is 14.6 Å². The summed E-state index contributed by atoms with van der Waals surface area (Å²) in [5.41, 5.74) is 2.38. The molecule has 0 bridgehead atoms. The lowest BCUT2D eigenvalue weighted by atomic mass is 9.87. The van der Waals surface area contributed by atoms with Gasteiger partial charge in [0.25, 0.3) is 5.92 Å². The Morgan fingerprint density at radius 1 is 1.12 bits per heavy atom. The number of fused-ring (bicyclic) bond motifs is 1. The molecule has 11 heteroatoms. The molecule has 0 fully saturated rings. The SMILES string of the molecule is [2H]C([2H])(CC(F)(F)C(C)(O)c1ccc(F)cc1)Oc1c(F)ccc(-c2ccn3nc(N)nc3c2)c1F. The highest BCUT2D eigenvalue weighted by atomic mass is 19.3. The number of nitrogens with two attached hydrogens (primary N) is 1. The Morgan fingerprint density at radius 2 is 1.82 bits per heavy atom. The minimum atomic E-state index is -4.20. The summed E-state index contributed by atoms with van der Waals surface area (Å²) in [5, 5.41) is 14.3. The van der Waals surface area contributed by atoms with Gasteiger partial charge in [-0.15, -0.1) is 5.10 Å².